The van der Waals surface area contributed by atoms with Crippen LogP contribution in [-0.4, -0.2) is 124 Å². The molecule has 0 aromatic rings. The van der Waals surface area contributed by atoms with Crippen molar-refractivity contribution < 1.29 is 63.9 Å². The largest absolute Gasteiger partial charge is 0.490 e. The summed E-state index contributed by atoms with van der Waals surface area (Å²) in [5.41, 5.74) is 1.61. The number of rotatable bonds is 10. The summed E-state index contributed by atoms with van der Waals surface area (Å²) in [5.74, 6) is -5.78. The molecule has 332 valence electrons. The number of hydrogen-bond acceptors (Lipinski definition) is 13. The van der Waals surface area contributed by atoms with Gasteiger partial charge in [0.25, 0.3) is 0 Å². The molecule has 2 fully saturated rings. The molecule has 3 rings (SSSR count). The Hall–Kier alpha value is -2.43. The van der Waals surface area contributed by atoms with Crippen molar-refractivity contribution in [2.75, 3.05) is 14.2 Å². The van der Waals surface area contributed by atoms with E-state index < -0.39 is 90.9 Å². The first-order valence-corrected chi connectivity index (χ1v) is 21.0. The second-order valence-corrected chi connectivity index (χ2v) is 17.1. The molecule has 0 bridgehead atoms. The van der Waals surface area contributed by atoms with Gasteiger partial charge in [0.15, 0.2) is 12.1 Å². The second kappa shape index (κ2) is 22.4. The molecule has 3 heterocycles. The molecule has 0 aromatic carbocycles. The van der Waals surface area contributed by atoms with Crippen LogP contribution in [0, 0.1) is 35.5 Å². The first-order valence-electron chi connectivity index (χ1n) is 21.0. The van der Waals surface area contributed by atoms with E-state index in [4.69, 9.17) is 28.4 Å². The van der Waals surface area contributed by atoms with Crippen LogP contribution in [0.2, 0.25) is 0 Å². The zero-order valence-corrected chi connectivity index (χ0v) is 36.7. The SMILES string of the molecule is C/C=C/[C@H]1O[C@@](O)([C@@H](C)[C@H](O)[C@H](C)[C@H]2OC(=O)/C(OC)=C/C(C)=C/[C@@H](C)[C@@H](O)[C@@H](CC)[C@@H](O)[C@H](C)C/C(C)=C/C=C/[C@@H]2OC)C[C@H](OC2CC(O)C(O)C(C)O2)[C@@H]1C. The molecule has 0 aliphatic carbocycles. The first-order chi connectivity index (χ1) is 27.2. The number of allylic oxidation sites excluding steroid dienone is 6. The maximum atomic E-state index is 13.9. The molecule has 6 N–H and O–H groups in total. The zero-order valence-electron chi connectivity index (χ0n) is 36.7. The highest BCUT2D eigenvalue weighted by Gasteiger charge is 2.52. The number of cyclic esters (lactones) is 1. The maximum absolute atomic E-state index is 13.9. The van der Waals surface area contributed by atoms with Gasteiger partial charge in [-0.25, -0.2) is 4.79 Å². The number of aliphatic hydroxyl groups excluding tert-OH is 5. The van der Waals surface area contributed by atoms with Crippen molar-refractivity contribution in [2.24, 2.45) is 35.5 Å². The summed E-state index contributed by atoms with van der Waals surface area (Å²) in [4.78, 5) is 13.9. The molecule has 3 aliphatic rings. The van der Waals surface area contributed by atoms with Crippen molar-refractivity contribution in [3.05, 3.63) is 59.4 Å². The summed E-state index contributed by atoms with van der Waals surface area (Å²) in [6.07, 6.45) is 3.82. The van der Waals surface area contributed by atoms with E-state index in [9.17, 15) is 35.4 Å². The minimum absolute atomic E-state index is 0.0414. The minimum atomic E-state index is -1.93. The Morgan fingerprint density at radius 2 is 1.71 bits per heavy atom. The predicted octanol–water partition coefficient (Wildman–Crippen LogP) is 4.88. The molecular weight excluding hydrogens is 748 g/mol. The summed E-state index contributed by atoms with van der Waals surface area (Å²) in [6, 6.07) is 0. The molecule has 0 spiro atoms. The maximum Gasteiger partial charge on any atom is 0.373 e. The quantitative estimate of drug-likeness (QED) is 0.129. The second-order valence-electron chi connectivity index (χ2n) is 17.1. The van der Waals surface area contributed by atoms with E-state index >= 15 is 0 Å². The Bertz CT molecular complexity index is 1450. The van der Waals surface area contributed by atoms with Crippen LogP contribution >= 0.6 is 0 Å². The third-order valence-corrected chi connectivity index (χ3v) is 12.5. The van der Waals surface area contributed by atoms with Crippen LogP contribution < -0.4 is 0 Å². The van der Waals surface area contributed by atoms with Crippen molar-refractivity contribution in [1.82, 2.24) is 0 Å². The monoisotopic (exact) mass is 823 g/mol. The summed E-state index contributed by atoms with van der Waals surface area (Å²) < 4.78 is 36.1. The topological polar surface area (TPSA) is 194 Å². The number of hydrogen-bond donors (Lipinski definition) is 6. The highest BCUT2D eigenvalue weighted by atomic mass is 16.7. The zero-order chi connectivity index (χ0) is 43.6. The fourth-order valence-electron chi connectivity index (χ4n) is 8.64. The van der Waals surface area contributed by atoms with Crippen LogP contribution in [-0.2, 0) is 33.2 Å². The van der Waals surface area contributed by atoms with Crippen molar-refractivity contribution in [2.45, 2.75) is 168 Å². The number of carbonyl (C=O) groups excluding carboxylic acids is 1. The molecule has 0 saturated carbocycles. The molecule has 0 radical (unpaired) electrons. The molecule has 13 nitrogen and oxygen atoms in total. The van der Waals surface area contributed by atoms with Gasteiger partial charge in [-0.3, -0.25) is 0 Å². The van der Waals surface area contributed by atoms with Crippen LogP contribution in [0.4, 0.5) is 0 Å². The number of ether oxygens (including phenoxy) is 6. The fourth-order valence-corrected chi connectivity index (χ4v) is 8.64. The Morgan fingerprint density at radius 1 is 1.03 bits per heavy atom. The van der Waals surface area contributed by atoms with Crippen molar-refractivity contribution in [3.63, 3.8) is 0 Å². The summed E-state index contributed by atoms with van der Waals surface area (Å²) >= 11 is 0. The van der Waals surface area contributed by atoms with Gasteiger partial charge >= 0.3 is 5.97 Å². The van der Waals surface area contributed by atoms with Crippen LogP contribution in [0.15, 0.2) is 59.4 Å². The third kappa shape index (κ3) is 12.6. The average Bonchev–Trinajstić information content (AvgIpc) is 3.17. The molecular formula is C45H74O13. The summed E-state index contributed by atoms with van der Waals surface area (Å²) in [5, 5.41) is 67.8. The highest BCUT2D eigenvalue weighted by Crippen LogP contribution is 2.42. The van der Waals surface area contributed by atoms with Crippen molar-refractivity contribution >= 4 is 5.97 Å². The van der Waals surface area contributed by atoms with E-state index in [-0.39, 0.29) is 42.3 Å². The average molecular weight is 823 g/mol. The summed E-state index contributed by atoms with van der Waals surface area (Å²) in [6.45, 7) is 18.3. The minimum Gasteiger partial charge on any atom is -0.490 e. The molecule has 2 saturated heterocycles. The van der Waals surface area contributed by atoms with Crippen LogP contribution in [0.3, 0.4) is 0 Å². The highest BCUT2D eigenvalue weighted by molar-refractivity contribution is 5.87. The first kappa shape index (κ1) is 49.9. The lowest BCUT2D eigenvalue weighted by Gasteiger charge is -2.49. The predicted molar refractivity (Wildman–Crippen MR) is 220 cm³/mol. The molecule has 18 atom stereocenters. The standard InChI is InChI=1S/C45H74O13/c1-13-16-34-28(7)37(56-38-22-33(46)42(50)31(10)55-38)23-45(52,58-34)30(9)41(49)29(8)43-35(53-11)18-15-17-24(3)19-26(5)39(47)32(14-2)40(48)27(6)20-25(4)21-36(54-12)44(51)57-43/h13,15-18,20-21,26-35,37-43,46-50,52H,14,19,22-23H2,1-12H3/b16-13+,18-15+,24-17+,25-20+,36-21-/t26-,27-,28-,29+,30+,31?,32+,33?,34-,35+,37+,38?,39+,40-,41-,42?,43-,45-/m1/s1. The Morgan fingerprint density at radius 3 is 2.29 bits per heavy atom. The Kier molecular flexibility index (Phi) is 19.3. The van der Waals surface area contributed by atoms with Gasteiger partial charge in [-0.05, 0) is 52.5 Å². The molecule has 0 aromatic heterocycles. The van der Waals surface area contributed by atoms with Crippen molar-refractivity contribution in [1.29, 1.82) is 0 Å². The van der Waals surface area contributed by atoms with E-state index in [1.807, 2.05) is 65.8 Å². The Balaban J connectivity index is 2.02. The molecule has 13 heteroatoms. The Labute approximate surface area is 346 Å². The van der Waals surface area contributed by atoms with E-state index in [1.165, 1.54) is 20.3 Å². The normalized spacial score (nSPS) is 43.9. The molecule has 58 heavy (non-hydrogen) atoms. The fraction of sp³-hybridized carbons (Fsp3) is 0.756. The number of carbonyl (C=O) groups is 1. The number of methoxy groups -OCH3 is 2. The van der Waals surface area contributed by atoms with Gasteiger partial charge in [-0.1, -0.05) is 89.1 Å². The lowest BCUT2D eigenvalue weighted by Crippen LogP contribution is -2.59. The van der Waals surface area contributed by atoms with Gasteiger partial charge in [0.2, 0.25) is 5.76 Å². The van der Waals surface area contributed by atoms with Crippen LogP contribution in [0.5, 0.6) is 0 Å². The number of aliphatic hydroxyl groups is 6. The van der Waals surface area contributed by atoms with Crippen LogP contribution in [0.25, 0.3) is 0 Å². The van der Waals surface area contributed by atoms with Gasteiger partial charge in [0, 0.05) is 49.5 Å². The van der Waals surface area contributed by atoms with Crippen molar-refractivity contribution in [3.8, 4) is 0 Å². The lowest BCUT2D eigenvalue weighted by molar-refractivity contribution is -0.339. The molecule has 0 amide bonds. The van der Waals surface area contributed by atoms with Gasteiger partial charge in [-0.15, -0.1) is 0 Å². The van der Waals surface area contributed by atoms with Gasteiger partial charge in [0.1, 0.15) is 18.3 Å². The molecule has 3 aliphatic heterocycles. The lowest BCUT2D eigenvalue weighted by atomic mass is 9.77. The smallest absolute Gasteiger partial charge is 0.373 e. The van der Waals surface area contributed by atoms with Gasteiger partial charge in [0.05, 0.1) is 49.8 Å². The van der Waals surface area contributed by atoms with Gasteiger partial charge in [-0.2, -0.15) is 0 Å². The number of esters is 1. The van der Waals surface area contributed by atoms with E-state index in [0.717, 1.165) is 5.57 Å². The van der Waals surface area contributed by atoms with Gasteiger partial charge < -0.3 is 59.1 Å². The van der Waals surface area contributed by atoms with E-state index in [1.54, 1.807) is 39.8 Å². The molecule has 4 unspecified atom stereocenters. The van der Waals surface area contributed by atoms with E-state index in [0.29, 0.717) is 18.4 Å². The summed E-state index contributed by atoms with van der Waals surface area (Å²) in [7, 11) is 2.83. The van der Waals surface area contributed by atoms with Crippen LogP contribution in [0.1, 0.15) is 94.9 Å². The van der Waals surface area contributed by atoms with E-state index in [2.05, 4.69) is 0 Å². The third-order valence-electron chi connectivity index (χ3n) is 12.5.